The summed E-state index contributed by atoms with van der Waals surface area (Å²) in [6.45, 7) is 1.15. The number of carboxylic acid groups (broad SMARTS) is 1. The van der Waals surface area contributed by atoms with Gasteiger partial charge in [-0.05, 0) is 31.0 Å². The first-order valence-corrected chi connectivity index (χ1v) is 5.42. The van der Waals surface area contributed by atoms with E-state index in [0.717, 1.165) is 19.1 Å². The zero-order valence-corrected chi connectivity index (χ0v) is 10.4. The number of carboxylic acids is 1. The van der Waals surface area contributed by atoms with Crippen LogP contribution in [0.25, 0.3) is 0 Å². The van der Waals surface area contributed by atoms with E-state index in [-0.39, 0.29) is 6.42 Å². The summed E-state index contributed by atoms with van der Waals surface area (Å²) in [4.78, 5) is 22.2. The average molecular weight is 291 g/mol. The number of carbonyl (C=O) groups is 2. The van der Waals surface area contributed by atoms with Crippen molar-refractivity contribution in [2.75, 3.05) is 0 Å². The van der Waals surface area contributed by atoms with Crippen LogP contribution in [-0.4, -0.2) is 23.3 Å². The molecule has 1 amide bonds. The van der Waals surface area contributed by atoms with E-state index in [4.69, 9.17) is 10.8 Å². The highest BCUT2D eigenvalue weighted by atomic mass is 19.4. The van der Waals surface area contributed by atoms with Crippen LogP contribution in [0.15, 0.2) is 24.3 Å². The van der Waals surface area contributed by atoms with Gasteiger partial charge in [0, 0.05) is 0 Å². The lowest BCUT2D eigenvalue weighted by Gasteiger charge is -2.20. The Bertz CT molecular complexity index is 496. The number of halogens is 3. The molecule has 3 N–H and O–H groups in total. The van der Waals surface area contributed by atoms with Crippen molar-refractivity contribution in [3.8, 4) is 5.75 Å². The third-order valence-electron chi connectivity index (χ3n) is 2.73. The second-order valence-corrected chi connectivity index (χ2v) is 4.37. The SMILES string of the molecule is CC(Cc1ccc(OC(F)(F)F)cc1)(C(N)=O)C(=O)O. The standard InChI is InChI=1S/C12H12F3NO4/c1-11(9(16)17,10(18)19)6-7-2-4-8(5-3-7)20-12(13,14)15/h2-5H,6H2,1H3,(H2,16,17)(H,18,19). The van der Waals surface area contributed by atoms with Gasteiger partial charge in [-0.2, -0.15) is 0 Å². The highest BCUT2D eigenvalue weighted by Gasteiger charge is 2.39. The number of amides is 1. The monoisotopic (exact) mass is 291 g/mol. The van der Waals surface area contributed by atoms with E-state index >= 15 is 0 Å². The second-order valence-electron chi connectivity index (χ2n) is 4.37. The zero-order chi connectivity index (χ0) is 15.6. The predicted molar refractivity (Wildman–Crippen MR) is 61.8 cm³/mol. The molecule has 20 heavy (non-hydrogen) atoms. The lowest BCUT2D eigenvalue weighted by molar-refractivity contribution is -0.274. The topological polar surface area (TPSA) is 89.6 Å². The van der Waals surface area contributed by atoms with Crippen LogP contribution >= 0.6 is 0 Å². The number of rotatable bonds is 5. The molecule has 5 nitrogen and oxygen atoms in total. The summed E-state index contributed by atoms with van der Waals surface area (Å²) in [6, 6.07) is 4.55. The molecular formula is C12H12F3NO4. The number of nitrogens with two attached hydrogens (primary N) is 1. The smallest absolute Gasteiger partial charge is 0.480 e. The number of benzene rings is 1. The molecule has 8 heteroatoms. The van der Waals surface area contributed by atoms with Crippen molar-refractivity contribution in [1.82, 2.24) is 0 Å². The van der Waals surface area contributed by atoms with Gasteiger partial charge in [-0.15, -0.1) is 13.2 Å². The van der Waals surface area contributed by atoms with Crippen LogP contribution in [0.5, 0.6) is 5.75 Å². The Morgan fingerprint density at radius 1 is 1.25 bits per heavy atom. The quantitative estimate of drug-likeness (QED) is 0.808. The number of ether oxygens (including phenoxy) is 1. The van der Waals surface area contributed by atoms with Crippen molar-refractivity contribution >= 4 is 11.9 Å². The van der Waals surface area contributed by atoms with E-state index in [1.54, 1.807) is 0 Å². The Balaban J connectivity index is 2.89. The van der Waals surface area contributed by atoms with Gasteiger partial charge < -0.3 is 15.6 Å². The van der Waals surface area contributed by atoms with Gasteiger partial charge in [0.15, 0.2) is 0 Å². The molecule has 0 saturated heterocycles. The van der Waals surface area contributed by atoms with Crippen LogP contribution in [0, 0.1) is 5.41 Å². The molecule has 0 aliphatic rings. The largest absolute Gasteiger partial charge is 0.573 e. The van der Waals surface area contributed by atoms with Gasteiger partial charge in [-0.1, -0.05) is 12.1 Å². The molecule has 0 bridgehead atoms. The van der Waals surface area contributed by atoms with Crippen LogP contribution in [0.1, 0.15) is 12.5 Å². The van der Waals surface area contributed by atoms with E-state index < -0.39 is 29.4 Å². The molecule has 110 valence electrons. The fraction of sp³-hybridized carbons (Fsp3) is 0.333. The van der Waals surface area contributed by atoms with E-state index in [0.29, 0.717) is 5.56 Å². The molecule has 0 saturated carbocycles. The average Bonchev–Trinajstić information content (AvgIpc) is 2.29. The van der Waals surface area contributed by atoms with Crippen LogP contribution in [-0.2, 0) is 16.0 Å². The third-order valence-corrected chi connectivity index (χ3v) is 2.73. The zero-order valence-electron chi connectivity index (χ0n) is 10.4. The van der Waals surface area contributed by atoms with Crippen molar-refractivity contribution in [2.45, 2.75) is 19.7 Å². The second kappa shape index (κ2) is 5.40. The molecule has 0 spiro atoms. The summed E-state index contributed by atoms with van der Waals surface area (Å²) >= 11 is 0. The van der Waals surface area contributed by atoms with E-state index in [9.17, 15) is 22.8 Å². The van der Waals surface area contributed by atoms with Crippen LogP contribution < -0.4 is 10.5 Å². The van der Waals surface area contributed by atoms with Gasteiger partial charge >= 0.3 is 12.3 Å². The molecule has 1 atom stereocenters. The number of alkyl halides is 3. The summed E-state index contributed by atoms with van der Waals surface area (Å²) in [7, 11) is 0. The summed E-state index contributed by atoms with van der Waals surface area (Å²) in [5, 5.41) is 9.00. The molecule has 0 aliphatic carbocycles. The van der Waals surface area contributed by atoms with Gasteiger partial charge in [0.05, 0.1) is 0 Å². The van der Waals surface area contributed by atoms with Gasteiger partial charge in [-0.3, -0.25) is 9.59 Å². The van der Waals surface area contributed by atoms with E-state index in [1.165, 1.54) is 12.1 Å². The summed E-state index contributed by atoms with van der Waals surface area (Å²) in [5.41, 5.74) is 3.56. The number of hydrogen-bond donors (Lipinski definition) is 2. The minimum absolute atomic E-state index is 0.232. The number of aliphatic carboxylic acids is 1. The van der Waals surface area contributed by atoms with Gasteiger partial charge in [-0.25, -0.2) is 0 Å². The molecule has 0 fully saturated rings. The molecule has 1 aromatic rings. The highest BCUT2D eigenvalue weighted by Crippen LogP contribution is 2.26. The Morgan fingerprint density at radius 3 is 2.10 bits per heavy atom. The molecule has 1 rings (SSSR count). The molecule has 0 aromatic heterocycles. The minimum Gasteiger partial charge on any atom is -0.480 e. The van der Waals surface area contributed by atoms with Crippen LogP contribution in [0.2, 0.25) is 0 Å². The summed E-state index contributed by atoms with van der Waals surface area (Å²) in [5.74, 6) is -2.86. The maximum atomic E-state index is 12.0. The maximum absolute atomic E-state index is 12.0. The first kappa shape index (κ1) is 15.8. The van der Waals surface area contributed by atoms with Crippen molar-refractivity contribution in [2.24, 2.45) is 11.1 Å². The number of primary amides is 1. The summed E-state index contributed by atoms with van der Waals surface area (Å²) in [6.07, 6.45) is -5.03. The predicted octanol–water partition coefficient (Wildman–Crippen LogP) is 1.70. The highest BCUT2D eigenvalue weighted by molar-refractivity contribution is 6.00. The minimum atomic E-state index is -4.80. The lowest BCUT2D eigenvalue weighted by Crippen LogP contribution is -2.43. The van der Waals surface area contributed by atoms with Crippen molar-refractivity contribution in [1.29, 1.82) is 0 Å². The van der Waals surface area contributed by atoms with Gasteiger partial charge in [0.2, 0.25) is 5.91 Å². The molecule has 0 radical (unpaired) electrons. The molecule has 0 heterocycles. The van der Waals surface area contributed by atoms with Gasteiger partial charge in [0.1, 0.15) is 11.2 Å². The van der Waals surface area contributed by atoms with Crippen molar-refractivity contribution in [3.63, 3.8) is 0 Å². The Hall–Kier alpha value is -2.25. The van der Waals surface area contributed by atoms with Gasteiger partial charge in [0.25, 0.3) is 0 Å². The first-order chi connectivity index (χ1) is 9.04. The van der Waals surface area contributed by atoms with Crippen LogP contribution in [0.4, 0.5) is 13.2 Å². The van der Waals surface area contributed by atoms with E-state index in [1.807, 2.05) is 0 Å². The van der Waals surface area contributed by atoms with Crippen molar-refractivity contribution < 1.29 is 32.6 Å². The Morgan fingerprint density at radius 2 is 1.75 bits per heavy atom. The third kappa shape index (κ3) is 3.87. The summed E-state index contributed by atoms with van der Waals surface area (Å²) < 4.78 is 39.6. The van der Waals surface area contributed by atoms with E-state index in [2.05, 4.69) is 4.74 Å². The maximum Gasteiger partial charge on any atom is 0.573 e. The number of hydrogen-bond acceptors (Lipinski definition) is 3. The Kier molecular flexibility index (Phi) is 4.26. The van der Waals surface area contributed by atoms with Crippen molar-refractivity contribution in [3.05, 3.63) is 29.8 Å². The molecule has 1 aromatic carbocycles. The Labute approximate surface area is 112 Å². The lowest BCUT2D eigenvalue weighted by atomic mass is 9.83. The molecule has 1 unspecified atom stereocenters. The molecule has 0 aliphatic heterocycles. The number of carbonyl (C=O) groups excluding carboxylic acids is 1. The van der Waals surface area contributed by atoms with Crippen LogP contribution in [0.3, 0.4) is 0 Å². The first-order valence-electron chi connectivity index (χ1n) is 5.42. The fourth-order valence-corrected chi connectivity index (χ4v) is 1.49. The normalized spacial score (nSPS) is 14.4. The molecular weight excluding hydrogens is 279 g/mol. The fourth-order valence-electron chi connectivity index (χ4n) is 1.49.